The monoisotopic (exact) mass is 277 g/mol. The third kappa shape index (κ3) is 4.60. The van der Waals surface area contributed by atoms with E-state index in [2.05, 4.69) is 59.0 Å². The van der Waals surface area contributed by atoms with Crippen molar-refractivity contribution in [2.24, 2.45) is 5.92 Å². The van der Waals surface area contributed by atoms with Crippen LogP contribution in [0.3, 0.4) is 0 Å². The van der Waals surface area contributed by atoms with E-state index in [9.17, 15) is 5.11 Å². The molecule has 0 saturated heterocycles. The van der Waals surface area contributed by atoms with E-state index < -0.39 is 6.10 Å². The highest BCUT2D eigenvalue weighted by atomic mass is 16.3. The minimum absolute atomic E-state index is 0.133. The van der Waals surface area contributed by atoms with Crippen molar-refractivity contribution in [3.05, 3.63) is 34.4 Å². The van der Waals surface area contributed by atoms with Gasteiger partial charge in [-0.05, 0) is 62.8 Å². The molecule has 0 aromatic heterocycles. The Morgan fingerprint density at radius 1 is 1.10 bits per heavy atom. The summed E-state index contributed by atoms with van der Waals surface area (Å²) in [5, 5.41) is 14.3. The molecule has 0 aliphatic rings. The van der Waals surface area contributed by atoms with Crippen LogP contribution < -0.4 is 5.32 Å². The maximum atomic E-state index is 10.7. The van der Waals surface area contributed by atoms with Crippen molar-refractivity contribution < 1.29 is 5.11 Å². The first kappa shape index (κ1) is 17.2. The zero-order chi connectivity index (χ0) is 15.3. The number of rotatable bonds is 7. The van der Waals surface area contributed by atoms with Gasteiger partial charge in [-0.2, -0.15) is 0 Å². The van der Waals surface area contributed by atoms with Crippen LogP contribution in [0.2, 0.25) is 0 Å². The Bertz CT molecular complexity index is 402. The van der Waals surface area contributed by atoms with E-state index in [4.69, 9.17) is 0 Å². The molecule has 2 heteroatoms. The fourth-order valence-corrected chi connectivity index (χ4v) is 2.90. The molecule has 0 bridgehead atoms. The molecule has 0 saturated carbocycles. The van der Waals surface area contributed by atoms with Crippen molar-refractivity contribution in [3.8, 4) is 0 Å². The summed E-state index contributed by atoms with van der Waals surface area (Å²) < 4.78 is 0. The van der Waals surface area contributed by atoms with Gasteiger partial charge in [0.15, 0.2) is 0 Å². The highest BCUT2D eigenvalue weighted by molar-refractivity contribution is 5.39. The van der Waals surface area contributed by atoms with Crippen LogP contribution in [0.4, 0.5) is 0 Å². The van der Waals surface area contributed by atoms with Crippen molar-refractivity contribution in [1.29, 1.82) is 0 Å². The summed E-state index contributed by atoms with van der Waals surface area (Å²) in [5.41, 5.74) is 4.74. The fourth-order valence-electron chi connectivity index (χ4n) is 2.90. The minimum Gasteiger partial charge on any atom is -0.387 e. The van der Waals surface area contributed by atoms with Gasteiger partial charge in [0.1, 0.15) is 0 Å². The predicted molar refractivity (Wildman–Crippen MR) is 87.1 cm³/mol. The summed E-state index contributed by atoms with van der Waals surface area (Å²) in [5.74, 6) is 0.694. The van der Waals surface area contributed by atoms with E-state index in [1.54, 1.807) is 0 Å². The molecule has 2 N–H and O–H groups in total. The second-order valence-electron chi connectivity index (χ2n) is 6.41. The number of hydrogen-bond donors (Lipinski definition) is 2. The number of nitrogens with one attached hydrogen (secondary N) is 1. The first-order valence-electron chi connectivity index (χ1n) is 7.86. The molecule has 20 heavy (non-hydrogen) atoms. The molecule has 0 heterocycles. The second kappa shape index (κ2) is 7.80. The number of aryl methyl sites for hydroxylation is 3. The largest absolute Gasteiger partial charge is 0.387 e. The third-order valence-corrected chi connectivity index (χ3v) is 3.98. The van der Waals surface area contributed by atoms with Gasteiger partial charge in [-0.15, -0.1) is 0 Å². The first-order chi connectivity index (χ1) is 9.36. The van der Waals surface area contributed by atoms with E-state index >= 15 is 0 Å². The molecule has 0 aliphatic carbocycles. The average molecular weight is 277 g/mol. The smallest absolute Gasteiger partial charge is 0.0947 e. The maximum absolute atomic E-state index is 10.7. The Morgan fingerprint density at radius 2 is 1.65 bits per heavy atom. The Labute approximate surface area is 124 Å². The summed E-state index contributed by atoms with van der Waals surface area (Å²) in [6.45, 7) is 13.9. The van der Waals surface area contributed by atoms with E-state index in [0.29, 0.717) is 5.92 Å². The lowest BCUT2D eigenvalue weighted by Gasteiger charge is -2.26. The molecule has 1 aromatic carbocycles. The third-order valence-electron chi connectivity index (χ3n) is 3.98. The van der Waals surface area contributed by atoms with Crippen molar-refractivity contribution in [2.75, 3.05) is 6.54 Å². The maximum Gasteiger partial charge on any atom is 0.0947 e. The van der Waals surface area contributed by atoms with Crippen LogP contribution in [0.15, 0.2) is 12.1 Å². The molecule has 0 spiro atoms. The molecule has 0 fully saturated rings. The van der Waals surface area contributed by atoms with Gasteiger partial charge in [-0.3, -0.25) is 0 Å². The van der Waals surface area contributed by atoms with Gasteiger partial charge in [0.25, 0.3) is 0 Å². The average Bonchev–Trinajstić information content (AvgIpc) is 2.32. The molecule has 1 aromatic rings. The van der Waals surface area contributed by atoms with Gasteiger partial charge in [-0.1, -0.05) is 38.5 Å². The standard InChI is InChI=1S/C18H31NO/c1-7-16(19-9-8-12(2)3)18(20)17-14(5)10-13(4)11-15(17)6/h10-12,16,18-20H,7-9H2,1-6H3. The summed E-state index contributed by atoms with van der Waals surface area (Å²) >= 11 is 0. The molecule has 0 aliphatic heterocycles. The topological polar surface area (TPSA) is 32.3 Å². The fraction of sp³-hybridized carbons (Fsp3) is 0.667. The summed E-state index contributed by atoms with van der Waals surface area (Å²) in [7, 11) is 0. The highest BCUT2D eigenvalue weighted by Gasteiger charge is 2.22. The van der Waals surface area contributed by atoms with Gasteiger partial charge >= 0.3 is 0 Å². The lowest BCUT2D eigenvalue weighted by atomic mass is 9.91. The van der Waals surface area contributed by atoms with Crippen LogP contribution in [-0.4, -0.2) is 17.7 Å². The number of hydrogen-bond acceptors (Lipinski definition) is 2. The molecule has 1 rings (SSSR count). The van der Waals surface area contributed by atoms with Gasteiger partial charge in [0, 0.05) is 6.04 Å². The Morgan fingerprint density at radius 3 is 2.10 bits per heavy atom. The summed E-state index contributed by atoms with van der Waals surface area (Å²) in [4.78, 5) is 0. The zero-order valence-electron chi connectivity index (χ0n) is 14.0. The van der Waals surface area contributed by atoms with E-state index in [-0.39, 0.29) is 6.04 Å². The Kier molecular flexibility index (Phi) is 6.70. The number of aliphatic hydroxyl groups excluding tert-OH is 1. The van der Waals surface area contributed by atoms with Crippen LogP contribution in [0, 0.1) is 26.7 Å². The van der Waals surface area contributed by atoms with Crippen LogP contribution in [0.25, 0.3) is 0 Å². The molecule has 2 unspecified atom stereocenters. The van der Waals surface area contributed by atoms with E-state index in [1.165, 1.54) is 16.7 Å². The first-order valence-corrected chi connectivity index (χ1v) is 7.86. The normalized spacial score (nSPS) is 14.6. The number of benzene rings is 1. The predicted octanol–water partition coefficient (Wildman–Crippen LogP) is 4.06. The van der Waals surface area contributed by atoms with Crippen LogP contribution in [-0.2, 0) is 0 Å². The van der Waals surface area contributed by atoms with Crippen molar-refractivity contribution in [1.82, 2.24) is 5.32 Å². The van der Waals surface area contributed by atoms with Crippen LogP contribution >= 0.6 is 0 Å². The van der Waals surface area contributed by atoms with E-state index in [1.807, 2.05) is 0 Å². The highest BCUT2D eigenvalue weighted by Crippen LogP contribution is 2.27. The van der Waals surface area contributed by atoms with Gasteiger partial charge in [-0.25, -0.2) is 0 Å². The molecular formula is C18H31NO. The molecule has 0 amide bonds. The summed E-state index contributed by atoms with van der Waals surface area (Å²) in [6.07, 6.45) is 1.66. The van der Waals surface area contributed by atoms with Gasteiger partial charge in [0.05, 0.1) is 6.10 Å². The Hall–Kier alpha value is -0.860. The minimum atomic E-state index is -0.423. The van der Waals surface area contributed by atoms with Crippen LogP contribution in [0.1, 0.15) is 62.0 Å². The molecule has 2 atom stereocenters. The van der Waals surface area contributed by atoms with Gasteiger partial charge in [0.2, 0.25) is 0 Å². The molecule has 2 nitrogen and oxygen atoms in total. The van der Waals surface area contributed by atoms with Gasteiger partial charge < -0.3 is 10.4 Å². The number of aliphatic hydroxyl groups is 1. The molecular weight excluding hydrogens is 246 g/mol. The quantitative estimate of drug-likeness (QED) is 0.787. The Balaban J connectivity index is 2.83. The SMILES string of the molecule is CCC(NCCC(C)C)C(O)c1c(C)cc(C)cc1C. The lowest BCUT2D eigenvalue weighted by Crippen LogP contribution is -2.36. The summed E-state index contributed by atoms with van der Waals surface area (Å²) in [6, 6.07) is 4.45. The second-order valence-corrected chi connectivity index (χ2v) is 6.41. The lowest BCUT2D eigenvalue weighted by molar-refractivity contribution is 0.124. The van der Waals surface area contributed by atoms with Crippen molar-refractivity contribution in [2.45, 2.75) is 66.5 Å². The zero-order valence-corrected chi connectivity index (χ0v) is 14.0. The van der Waals surface area contributed by atoms with E-state index in [0.717, 1.165) is 24.9 Å². The van der Waals surface area contributed by atoms with Crippen LogP contribution in [0.5, 0.6) is 0 Å². The molecule has 0 radical (unpaired) electrons. The van der Waals surface area contributed by atoms with Crippen molar-refractivity contribution >= 4 is 0 Å². The van der Waals surface area contributed by atoms with Crippen molar-refractivity contribution in [3.63, 3.8) is 0 Å². The molecule has 114 valence electrons.